The fourth-order valence-corrected chi connectivity index (χ4v) is 1.26. The summed E-state index contributed by atoms with van der Waals surface area (Å²) in [5, 5.41) is 20.0. The number of nitrogens with zero attached hydrogens (tertiary/aromatic N) is 1. The number of rotatable bonds is 5. The molecule has 0 fully saturated rings. The van der Waals surface area contributed by atoms with Crippen LogP contribution in [0.25, 0.3) is 0 Å². The van der Waals surface area contributed by atoms with Gasteiger partial charge in [-0.25, -0.2) is 0 Å². The molecule has 0 saturated heterocycles. The molecule has 7 heteroatoms. The molecule has 0 spiro atoms. The Morgan fingerprint density at radius 3 is 2.88 bits per heavy atom. The summed E-state index contributed by atoms with van der Waals surface area (Å²) in [6.45, 7) is -0.126. The number of benzene rings is 1. The van der Waals surface area contributed by atoms with E-state index in [-0.39, 0.29) is 29.6 Å². The molecule has 88 valence electrons. The summed E-state index contributed by atoms with van der Waals surface area (Å²) < 4.78 is 5.08. The molecule has 0 aromatic heterocycles. The number of halogens is 1. The zero-order chi connectivity index (χ0) is 12.1. The van der Waals surface area contributed by atoms with Crippen molar-refractivity contribution in [2.45, 2.75) is 6.10 Å². The number of ether oxygens (including phenoxy) is 1. The van der Waals surface area contributed by atoms with Crippen LogP contribution < -0.4 is 10.5 Å². The Hall–Kier alpha value is -1.37. The van der Waals surface area contributed by atoms with Gasteiger partial charge >= 0.3 is 5.69 Å². The number of hydrogen-bond acceptors (Lipinski definition) is 5. The van der Waals surface area contributed by atoms with Crippen molar-refractivity contribution in [3.05, 3.63) is 33.3 Å². The largest absolute Gasteiger partial charge is 0.483 e. The van der Waals surface area contributed by atoms with Crippen LogP contribution in [-0.2, 0) is 0 Å². The van der Waals surface area contributed by atoms with Crippen LogP contribution in [0, 0.1) is 10.1 Å². The second-order valence-corrected chi connectivity index (χ2v) is 3.45. The van der Waals surface area contributed by atoms with Crippen molar-refractivity contribution in [1.82, 2.24) is 0 Å². The van der Waals surface area contributed by atoms with Gasteiger partial charge in [0.15, 0.2) is 0 Å². The van der Waals surface area contributed by atoms with E-state index in [4.69, 9.17) is 22.1 Å². The average molecular weight is 247 g/mol. The Bertz CT molecular complexity index is 386. The molecule has 0 aliphatic rings. The predicted molar refractivity (Wildman–Crippen MR) is 58.7 cm³/mol. The summed E-state index contributed by atoms with van der Waals surface area (Å²) in [6.07, 6.45) is -0.879. The Labute approximate surface area is 96.7 Å². The monoisotopic (exact) mass is 246 g/mol. The molecule has 3 N–H and O–H groups in total. The highest BCUT2D eigenvalue weighted by atomic mass is 35.5. The van der Waals surface area contributed by atoms with Gasteiger partial charge in [0.05, 0.1) is 9.95 Å². The molecule has 1 aromatic rings. The van der Waals surface area contributed by atoms with E-state index in [2.05, 4.69) is 0 Å². The molecular weight excluding hydrogens is 236 g/mol. The first-order valence-electron chi connectivity index (χ1n) is 4.50. The van der Waals surface area contributed by atoms with Crippen LogP contribution in [-0.4, -0.2) is 29.3 Å². The summed E-state index contributed by atoms with van der Waals surface area (Å²) in [5.74, 6) is -0.0540. The first-order valence-corrected chi connectivity index (χ1v) is 4.88. The van der Waals surface area contributed by atoms with Gasteiger partial charge in [0.2, 0.25) is 5.75 Å². The highest BCUT2D eigenvalue weighted by molar-refractivity contribution is 6.32. The van der Waals surface area contributed by atoms with E-state index in [9.17, 15) is 15.2 Å². The Morgan fingerprint density at radius 1 is 1.62 bits per heavy atom. The molecule has 16 heavy (non-hydrogen) atoms. The normalized spacial score (nSPS) is 12.2. The number of aliphatic hydroxyl groups is 1. The van der Waals surface area contributed by atoms with Crippen LogP contribution in [0.1, 0.15) is 0 Å². The van der Waals surface area contributed by atoms with E-state index >= 15 is 0 Å². The van der Waals surface area contributed by atoms with Crippen molar-refractivity contribution in [1.29, 1.82) is 0 Å². The number of para-hydroxylation sites is 1. The van der Waals surface area contributed by atoms with E-state index in [1.54, 1.807) is 0 Å². The van der Waals surface area contributed by atoms with Gasteiger partial charge in [0, 0.05) is 12.6 Å². The smallest absolute Gasteiger partial charge is 0.312 e. The van der Waals surface area contributed by atoms with Crippen LogP contribution in [0.5, 0.6) is 5.75 Å². The van der Waals surface area contributed by atoms with Gasteiger partial charge in [-0.05, 0) is 6.07 Å². The van der Waals surface area contributed by atoms with Crippen LogP contribution in [0.15, 0.2) is 18.2 Å². The summed E-state index contributed by atoms with van der Waals surface area (Å²) >= 11 is 5.76. The van der Waals surface area contributed by atoms with Crippen molar-refractivity contribution >= 4 is 17.3 Å². The maximum Gasteiger partial charge on any atom is 0.312 e. The van der Waals surface area contributed by atoms with Crippen molar-refractivity contribution in [2.24, 2.45) is 5.73 Å². The predicted octanol–water partition coefficient (Wildman–Crippen LogP) is 0.947. The molecule has 0 radical (unpaired) electrons. The lowest BCUT2D eigenvalue weighted by Gasteiger charge is -2.11. The number of nitro benzene ring substituents is 1. The van der Waals surface area contributed by atoms with E-state index < -0.39 is 11.0 Å². The molecule has 1 atom stereocenters. The van der Waals surface area contributed by atoms with Crippen LogP contribution >= 0.6 is 11.6 Å². The van der Waals surface area contributed by atoms with E-state index in [0.717, 1.165) is 0 Å². The fourth-order valence-electron chi connectivity index (χ4n) is 1.03. The van der Waals surface area contributed by atoms with Crippen LogP contribution in [0.2, 0.25) is 5.02 Å². The first kappa shape index (κ1) is 12.7. The second-order valence-electron chi connectivity index (χ2n) is 3.05. The van der Waals surface area contributed by atoms with Gasteiger partial charge in [-0.2, -0.15) is 0 Å². The molecule has 0 aliphatic carbocycles. The zero-order valence-electron chi connectivity index (χ0n) is 8.30. The lowest BCUT2D eigenvalue weighted by molar-refractivity contribution is -0.385. The molecule has 0 heterocycles. The Morgan fingerprint density at radius 2 is 2.31 bits per heavy atom. The molecule has 1 aromatic carbocycles. The molecule has 1 rings (SSSR count). The molecular formula is C9H11ClN2O4. The maximum absolute atomic E-state index is 10.7. The van der Waals surface area contributed by atoms with Crippen molar-refractivity contribution in [3.8, 4) is 5.75 Å². The Kier molecular flexibility index (Phi) is 4.48. The highest BCUT2D eigenvalue weighted by Crippen LogP contribution is 2.34. The van der Waals surface area contributed by atoms with Crippen LogP contribution in [0.3, 0.4) is 0 Å². The number of nitro groups is 1. The maximum atomic E-state index is 10.7. The third-order valence-corrected chi connectivity index (χ3v) is 2.13. The topological polar surface area (TPSA) is 98.6 Å². The lowest BCUT2D eigenvalue weighted by Crippen LogP contribution is -2.26. The molecule has 0 aliphatic heterocycles. The quantitative estimate of drug-likeness (QED) is 0.595. The molecule has 0 bridgehead atoms. The Balaban J connectivity index is 2.88. The summed E-state index contributed by atoms with van der Waals surface area (Å²) in [4.78, 5) is 10.1. The van der Waals surface area contributed by atoms with Crippen molar-refractivity contribution in [3.63, 3.8) is 0 Å². The SMILES string of the molecule is NCC(O)COc1c(Cl)cccc1[N+](=O)[O-]. The van der Waals surface area contributed by atoms with E-state index in [1.165, 1.54) is 18.2 Å². The van der Waals surface area contributed by atoms with Crippen molar-refractivity contribution < 1.29 is 14.8 Å². The van der Waals surface area contributed by atoms with E-state index in [1.807, 2.05) is 0 Å². The van der Waals surface area contributed by atoms with Gasteiger partial charge < -0.3 is 15.6 Å². The van der Waals surface area contributed by atoms with Gasteiger partial charge in [-0.1, -0.05) is 17.7 Å². The standard InChI is InChI=1S/C9H11ClN2O4/c10-7-2-1-3-8(12(14)15)9(7)16-5-6(13)4-11/h1-3,6,13H,4-5,11H2. The van der Waals surface area contributed by atoms with Crippen LogP contribution in [0.4, 0.5) is 5.69 Å². The summed E-state index contributed by atoms with van der Waals surface area (Å²) in [7, 11) is 0. The fraction of sp³-hybridized carbons (Fsp3) is 0.333. The number of nitrogens with two attached hydrogens (primary N) is 1. The summed E-state index contributed by atoms with van der Waals surface area (Å²) in [6, 6.07) is 4.20. The first-order chi connectivity index (χ1) is 7.56. The zero-order valence-corrected chi connectivity index (χ0v) is 9.05. The molecule has 6 nitrogen and oxygen atoms in total. The second kappa shape index (κ2) is 5.64. The minimum absolute atomic E-state index is 0.0122. The minimum Gasteiger partial charge on any atom is -0.483 e. The van der Waals surface area contributed by atoms with Gasteiger partial charge in [0.25, 0.3) is 0 Å². The highest BCUT2D eigenvalue weighted by Gasteiger charge is 2.18. The average Bonchev–Trinajstić information content (AvgIpc) is 2.26. The third-order valence-electron chi connectivity index (χ3n) is 1.84. The van der Waals surface area contributed by atoms with Gasteiger partial charge in [0.1, 0.15) is 12.7 Å². The minimum atomic E-state index is -0.879. The molecule has 0 saturated carbocycles. The number of hydrogen-bond donors (Lipinski definition) is 2. The van der Waals surface area contributed by atoms with Gasteiger partial charge in [-0.3, -0.25) is 10.1 Å². The molecule has 0 amide bonds. The lowest BCUT2D eigenvalue weighted by atomic mass is 10.3. The summed E-state index contributed by atoms with van der Waals surface area (Å²) in [5.41, 5.74) is 4.94. The van der Waals surface area contributed by atoms with Crippen molar-refractivity contribution in [2.75, 3.05) is 13.2 Å². The molecule has 1 unspecified atom stereocenters. The third kappa shape index (κ3) is 3.06. The number of aliphatic hydroxyl groups excluding tert-OH is 1. The van der Waals surface area contributed by atoms with E-state index in [0.29, 0.717) is 0 Å². The van der Waals surface area contributed by atoms with Gasteiger partial charge in [-0.15, -0.1) is 0 Å².